The quantitative estimate of drug-likeness (QED) is 0.263. The largest absolute Gasteiger partial charge is 0.472 e. The molecule has 14 heteroatoms. The van der Waals surface area contributed by atoms with Crippen LogP contribution in [0.4, 0.5) is 4.79 Å². The summed E-state index contributed by atoms with van der Waals surface area (Å²) in [6.45, 7) is 5.21. The molecule has 0 spiro atoms. The molecule has 3 heterocycles. The fourth-order valence-electron chi connectivity index (χ4n) is 7.93. The van der Waals surface area contributed by atoms with Gasteiger partial charge in [-0.2, -0.15) is 0 Å². The van der Waals surface area contributed by atoms with Crippen molar-refractivity contribution < 1.29 is 37.1 Å². The van der Waals surface area contributed by atoms with Gasteiger partial charge < -0.3 is 25.0 Å². The number of carbonyl (C=O) groups excluding carboxylic acids is 4. The van der Waals surface area contributed by atoms with E-state index in [0.29, 0.717) is 38.0 Å². The van der Waals surface area contributed by atoms with E-state index in [2.05, 4.69) is 20.3 Å². The lowest BCUT2D eigenvalue weighted by Crippen LogP contribution is -2.59. The maximum Gasteiger partial charge on any atom is 0.408 e. The van der Waals surface area contributed by atoms with Crippen LogP contribution >= 0.6 is 0 Å². The Kier molecular flexibility index (Phi) is 10.9. The van der Waals surface area contributed by atoms with Crippen molar-refractivity contribution in [3.63, 3.8) is 0 Å². The molecule has 3 fully saturated rings. The zero-order valence-corrected chi connectivity index (χ0v) is 33.0. The number of nitrogens with one attached hydrogen (secondary N) is 3. The summed E-state index contributed by atoms with van der Waals surface area (Å²) in [4.78, 5) is 62.1. The van der Waals surface area contributed by atoms with Gasteiger partial charge in [0.25, 0.3) is 5.91 Å². The second-order valence-electron chi connectivity index (χ2n) is 16.6. The number of allylic oxidation sites excluding steroid dienone is 1. The van der Waals surface area contributed by atoms with Gasteiger partial charge in [0.15, 0.2) is 0 Å². The molecule has 1 aromatic heterocycles. The molecule has 7 rings (SSSR count). The second-order valence-corrected chi connectivity index (χ2v) is 18.7. The van der Waals surface area contributed by atoms with Gasteiger partial charge in [-0.1, -0.05) is 73.5 Å². The molecule has 3 aromatic rings. The molecule has 5 unspecified atom stereocenters. The lowest BCUT2D eigenvalue weighted by Gasteiger charge is -2.30. The molecule has 2 saturated carbocycles. The normalized spacial score (nSPS) is 27.0. The molecule has 5 atom stereocenters. The minimum atomic E-state index is -4.13. The summed E-state index contributed by atoms with van der Waals surface area (Å²) in [7, 11) is -4.13. The SMILES string of the molecule is CC(C)(C)OC(=O)NC1CCCCC/C=C\C2CC2(C(=O)NS(=O)(=O)C2(Cc3ccccc3)CC2)NC(=O)C2CC(Oc3nccc4ccccc34)CN2C1=O. The van der Waals surface area contributed by atoms with E-state index in [1.807, 2.05) is 72.8 Å². The third-order valence-electron chi connectivity index (χ3n) is 11.2. The van der Waals surface area contributed by atoms with Crippen LogP contribution in [0, 0.1) is 5.92 Å². The predicted molar refractivity (Wildman–Crippen MR) is 210 cm³/mol. The Morgan fingerprint density at radius 1 is 1.00 bits per heavy atom. The maximum absolute atomic E-state index is 14.5. The summed E-state index contributed by atoms with van der Waals surface area (Å²) in [6, 6.07) is 16.7. The molecular weight excluding hydrogens is 735 g/mol. The highest BCUT2D eigenvalue weighted by Crippen LogP contribution is 2.49. The molecule has 1 saturated heterocycles. The summed E-state index contributed by atoms with van der Waals surface area (Å²) in [5, 5.41) is 7.37. The molecule has 4 aliphatic rings. The van der Waals surface area contributed by atoms with Crippen LogP contribution in [0.2, 0.25) is 0 Å². The molecule has 2 aromatic carbocycles. The molecule has 298 valence electrons. The van der Waals surface area contributed by atoms with E-state index < -0.39 is 73.8 Å². The van der Waals surface area contributed by atoms with E-state index in [1.165, 1.54) is 4.90 Å². The highest BCUT2D eigenvalue weighted by atomic mass is 32.2. The number of benzene rings is 2. The highest BCUT2D eigenvalue weighted by molar-refractivity contribution is 7.91. The zero-order valence-electron chi connectivity index (χ0n) is 32.2. The number of ether oxygens (including phenoxy) is 2. The Labute approximate surface area is 328 Å². The minimum absolute atomic E-state index is 0.00718. The van der Waals surface area contributed by atoms with E-state index in [-0.39, 0.29) is 25.8 Å². The number of carbonyl (C=O) groups is 4. The van der Waals surface area contributed by atoms with E-state index >= 15 is 0 Å². The van der Waals surface area contributed by atoms with Gasteiger partial charge in [0.1, 0.15) is 29.3 Å². The van der Waals surface area contributed by atoms with Gasteiger partial charge in [0.2, 0.25) is 27.7 Å². The fraction of sp³-hybridized carbons (Fsp3) is 0.500. The van der Waals surface area contributed by atoms with Crippen LogP contribution in [0.25, 0.3) is 10.8 Å². The summed E-state index contributed by atoms with van der Waals surface area (Å²) in [5.41, 5.74) is -1.48. The molecule has 0 radical (unpaired) electrons. The minimum Gasteiger partial charge on any atom is -0.472 e. The lowest BCUT2D eigenvalue weighted by atomic mass is 10.0. The Bertz CT molecular complexity index is 2110. The smallest absolute Gasteiger partial charge is 0.408 e. The molecule has 2 aliphatic carbocycles. The van der Waals surface area contributed by atoms with Crippen LogP contribution in [0.15, 0.2) is 79.0 Å². The van der Waals surface area contributed by atoms with Crippen molar-refractivity contribution in [2.45, 2.75) is 119 Å². The van der Waals surface area contributed by atoms with Crippen LogP contribution in [-0.2, 0) is 35.6 Å². The van der Waals surface area contributed by atoms with Gasteiger partial charge in [-0.25, -0.2) is 18.2 Å². The molecule has 13 nitrogen and oxygen atoms in total. The standard InChI is InChI=1S/C42H51N5O8S/c1-40(2,3)55-39(51)44-33-19-11-6-4-5-10-17-30-26-42(30,38(50)46-56(52,53)41(21-22-41)25-28-14-8-7-9-15-28)45-35(48)34-24-31(27-47(34)37(33)49)54-36-32-18-13-12-16-29(32)20-23-43-36/h7-10,12-18,20,23,30-31,33-34H,4-6,11,19,21-22,24-27H2,1-3H3,(H,44,51)(H,45,48)(H,46,50)/b17-10-. The third-order valence-corrected chi connectivity index (χ3v) is 13.4. The van der Waals surface area contributed by atoms with E-state index in [0.717, 1.165) is 29.2 Å². The van der Waals surface area contributed by atoms with Gasteiger partial charge in [-0.05, 0) is 88.8 Å². The van der Waals surface area contributed by atoms with Crippen LogP contribution < -0.4 is 20.1 Å². The Balaban J connectivity index is 1.17. The van der Waals surface area contributed by atoms with Crippen molar-refractivity contribution in [2.24, 2.45) is 5.92 Å². The van der Waals surface area contributed by atoms with Gasteiger partial charge in [0, 0.05) is 23.9 Å². The van der Waals surface area contributed by atoms with Gasteiger partial charge in [-0.15, -0.1) is 0 Å². The summed E-state index contributed by atoms with van der Waals surface area (Å²) < 4.78 is 40.9. The van der Waals surface area contributed by atoms with Gasteiger partial charge >= 0.3 is 6.09 Å². The molecule has 3 N–H and O–H groups in total. The first-order valence-corrected chi connectivity index (χ1v) is 21.1. The van der Waals surface area contributed by atoms with Crippen molar-refractivity contribution in [3.05, 3.63) is 84.6 Å². The second kappa shape index (κ2) is 15.5. The monoisotopic (exact) mass is 785 g/mol. The van der Waals surface area contributed by atoms with Crippen LogP contribution in [-0.4, -0.2) is 82.7 Å². The molecule has 56 heavy (non-hydrogen) atoms. The number of hydrogen-bond acceptors (Lipinski definition) is 9. The first-order valence-electron chi connectivity index (χ1n) is 19.6. The highest BCUT2D eigenvalue weighted by Gasteiger charge is 2.64. The van der Waals surface area contributed by atoms with Crippen LogP contribution in [0.1, 0.15) is 84.1 Å². The lowest BCUT2D eigenvalue weighted by molar-refractivity contribution is -0.141. The predicted octanol–water partition coefficient (Wildman–Crippen LogP) is 5.09. The van der Waals surface area contributed by atoms with Gasteiger partial charge in [0.05, 0.1) is 11.3 Å². The molecule has 4 amide bonds. The van der Waals surface area contributed by atoms with E-state index in [1.54, 1.807) is 27.0 Å². The molecule has 0 bridgehead atoms. The van der Waals surface area contributed by atoms with Crippen LogP contribution in [0.3, 0.4) is 0 Å². The average molecular weight is 786 g/mol. The van der Waals surface area contributed by atoms with Crippen molar-refractivity contribution in [2.75, 3.05) is 6.54 Å². The fourth-order valence-corrected chi connectivity index (χ4v) is 9.57. The topological polar surface area (TPSA) is 173 Å². The number of rotatable bonds is 8. The summed E-state index contributed by atoms with van der Waals surface area (Å²) >= 11 is 0. The number of hydrogen-bond donors (Lipinski definition) is 3. The number of aromatic nitrogens is 1. The number of amides is 4. The molecule has 2 aliphatic heterocycles. The number of alkyl carbamates (subject to hydrolysis) is 1. The Morgan fingerprint density at radius 3 is 2.50 bits per heavy atom. The first-order chi connectivity index (χ1) is 26.7. The van der Waals surface area contributed by atoms with Crippen molar-refractivity contribution in [1.82, 2.24) is 25.2 Å². The zero-order chi connectivity index (χ0) is 39.7. The Morgan fingerprint density at radius 2 is 1.75 bits per heavy atom. The first kappa shape index (κ1) is 39.3. The van der Waals surface area contributed by atoms with Crippen LogP contribution in [0.5, 0.6) is 5.88 Å². The Hall–Kier alpha value is -4.98. The van der Waals surface area contributed by atoms with Crippen molar-refractivity contribution >= 4 is 44.6 Å². The number of sulfonamides is 1. The van der Waals surface area contributed by atoms with Crippen molar-refractivity contribution in [1.29, 1.82) is 0 Å². The summed E-state index contributed by atoms with van der Waals surface area (Å²) in [6.07, 6.45) is 8.62. The molecular formula is C42H51N5O8S. The third kappa shape index (κ3) is 8.54. The van der Waals surface area contributed by atoms with E-state index in [9.17, 15) is 27.6 Å². The number of nitrogens with zero attached hydrogens (tertiary/aromatic N) is 2. The summed E-state index contributed by atoms with van der Waals surface area (Å²) in [5.74, 6) is -1.99. The number of fused-ring (bicyclic) bond motifs is 3. The van der Waals surface area contributed by atoms with Gasteiger partial charge in [-0.3, -0.25) is 19.1 Å². The maximum atomic E-state index is 14.5. The van der Waals surface area contributed by atoms with E-state index in [4.69, 9.17) is 9.47 Å². The average Bonchev–Trinajstić information content (AvgIpc) is 4.04. The number of pyridine rings is 1. The van der Waals surface area contributed by atoms with Crippen molar-refractivity contribution in [3.8, 4) is 5.88 Å².